The molecule has 0 bridgehead atoms. The van der Waals surface area contributed by atoms with E-state index in [4.69, 9.17) is 0 Å². The zero-order chi connectivity index (χ0) is 16.0. The smallest absolute Gasteiger partial charge is 0.119 e. The van der Waals surface area contributed by atoms with E-state index in [1.54, 1.807) is 0 Å². The molecule has 0 rings (SSSR count). The van der Waals surface area contributed by atoms with E-state index in [0.29, 0.717) is 0 Å². The minimum atomic E-state index is 0.722. The molecule has 0 N–H and O–H groups in total. The molecule has 0 unspecified atom stereocenters. The van der Waals surface area contributed by atoms with Crippen molar-refractivity contribution in [1.29, 1.82) is 0 Å². The molecule has 0 aliphatic rings. The summed E-state index contributed by atoms with van der Waals surface area (Å²) in [5.74, 6) is 0. The summed E-state index contributed by atoms with van der Waals surface area (Å²) < 4.78 is 0. The Labute approximate surface area is 132 Å². The summed E-state index contributed by atoms with van der Waals surface area (Å²) in [5.41, 5.74) is 0. The second kappa shape index (κ2) is 24.1. The molecule has 21 heavy (non-hydrogen) atoms. The second-order valence-corrected chi connectivity index (χ2v) is 5.41. The first-order valence-electron chi connectivity index (χ1n) is 8.85. The van der Waals surface area contributed by atoms with Crippen molar-refractivity contribution in [3.63, 3.8) is 0 Å². The summed E-state index contributed by atoms with van der Waals surface area (Å²) in [6.45, 7) is 4.36. The van der Waals surface area contributed by atoms with Crippen molar-refractivity contribution in [3.05, 3.63) is 12.2 Å². The van der Waals surface area contributed by atoms with Crippen molar-refractivity contribution in [1.82, 2.24) is 0 Å². The number of allylic oxidation sites excluding steroid dienone is 2. The van der Waals surface area contributed by atoms with Crippen LogP contribution < -0.4 is 0 Å². The molecular weight excluding hydrogens is 260 g/mol. The van der Waals surface area contributed by atoms with Gasteiger partial charge in [-0.2, -0.15) is 0 Å². The maximum absolute atomic E-state index is 9.94. The van der Waals surface area contributed by atoms with Crippen molar-refractivity contribution in [2.24, 2.45) is 0 Å². The molecule has 0 atom stereocenters. The number of hydrogen-bond donors (Lipinski definition) is 0. The van der Waals surface area contributed by atoms with E-state index in [1.165, 1.54) is 38.5 Å². The Morgan fingerprint density at radius 1 is 0.571 bits per heavy atom. The van der Waals surface area contributed by atoms with Gasteiger partial charge in [0.2, 0.25) is 0 Å². The first-order chi connectivity index (χ1) is 10.3. The Kier molecular flexibility index (Phi) is 25.7. The lowest BCUT2D eigenvalue weighted by atomic mass is 10.1. The fraction of sp³-hybridized carbons (Fsp3) is 0.789. The number of rotatable bonds is 14. The third kappa shape index (κ3) is 28.1. The van der Waals surface area contributed by atoms with Crippen molar-refractivity contribution >= 4 is 12.6 Å². The van der Waals surface area contributed by atoms with E-state index in [-0.39, 0.29) is 0 Å². The molecule has 0 radical (unpaired) electrons. The monoisotopic (exact) mass is 296 g/mol. The lowest BCUT2D eigenvalue weighted by molar-refractivity contribution is -0.108. The Morgan fingerprint density at radius 3 is 1.57 bits per heavy atom. The van der Waals surface area contributed by atoms with Crippen LogP contribution >= 0.6 is 0 Å². The van der Waals surface area contributed by atoms with Crippen LogP contribution in [0.1, 0.15) is 97.3 Å². The molecule has 124 valence electrons. The van der Waals surface area contributed by atoms with E-state index in [9.17, 15) is 9.59 Å². The van der Waals surface area contributed by atoms with Gasteiger partial charge in [-0.3, -0.25) is 0 Å². The van der Waals surface area contributed by atoms with Gasteiger partial charge in [0.25, 0.3) is 0 Å². The number of unbranched alkanes of at least 4 members (excludes halogenated alkanes) is 10. The third-order valence-corrected chi connectivity index (χ3v) is 3.27. The number of hydrogen-bond acceptors (Lipinski definition) is 2. The summed E-state index contributed by atoms with van der Waals surface area (Å²) in [6, 6.07) is 0. The number of carbonyl (C=O) groups excluding carboxylic acids is 2. The molecule has 0 aliphatic heterocycles. The van der Waals surface area contributed by atoms with Crippen LogP contribution in [0.25, 0.3) is 0 Å². The fourth-order valence-corrected chi connectivity index (χ4v) is 1.96. The highest BCUT2D eigenvalue weighted by Crippen LogP contribution is 2.07. The molecule has 0 aromatic rings. The average Bonchev–Trinajstić information content (AvgIpc) is 2.51. The van der Waals surface area contributed by atoms with E-state index >= 15 is 0 Å². The Balaban J connectivity index is 0. The molecular formula is C19H36O2. The van der Waals surface area contributed by atoms with E-state index in [0.717, 1.165) is 57.5 Å². The van der Waals surface area contributed by atoms with Crippen molar-refractivity contribution in [2.45, 2.75) is 97.3 Å². The lowest BCUT2D eigenvalue weighted by Gasteiger charge is -1.97. The van der Waals surface area contributed by atoms with Crippen LogP contribution in [0.4, 0.5) is 0 Å². The minimum absolute atomic E-state index is 0.722. The largest absolute Gasteiger partial charge is 0.303 e. The SMILES string of the molecule is CC/C=C\CCCCC=O.CCCCCCCCCC=O. The maximum Gasteiger partial charge on any atom is 0.119 e. The highest BCUT2D eigenvalue weighted by molar-refractivity contribution is 5.49. The summed E-state index contributed by atoms with van der Waals surface area (Å²) in [6.07, 6.45) is 21.3. The van der Waals surface area contributed by atoms with Crippen LogP contribution in [0, 0.1) is 0 Å². The standard InChI is InChI=1S/C10H20O.C9H16O/c1-2-3-4-5-6-7-8-9-10-11;1-2-3-4-5-6-7-8-9-10/h10H,2-9H2,1H3;3-4,9H,2,5-8H2,1H3/b;4-3-. The van der Waals surface area contributed by atoms with Gasteiger partial charge in [-0.15, -0.1) is 0 Å². The minimum Gasteiger partial charge on any atom is -0.303 e. The van der Waals surface area contributed by atoms with Crippen molar-refractivity contribution < 1.29 is 9.59 Å². The predicted octanol–water partition coefficient (Wildman–Crippen LogP) is 6.04. The molecule has 0 saturated carbocycles. The molecule has 2 nitrogen and oxygen atoms in total. The summed E-state index contributed by atoms with van der Waals surface area (Å²) >= 11 is 0. The van der Waals surface area contributed by atoms with Crippen LogP contribution in [0.3, 0.4) is 0 Å². The third-order valence-electron chi connectivity index (χ3n) is 3.27. The van der Waals surface area contributed by atoms with Crippen molar-refractivity contribution in [3.8, 4) is 0 Å². The highest BCUT2D eigenvalue weighted by atomic mass is 16.1. The van der Waals surface area contributed by atoms with Gasteiger partial charge < -0.3 is 9.59 Å². The Morgan fingerprint density at radius 2 is 1.05 bits per heavy atom. The molecule has 0 amide bonds. The predicted molar refractivity (Wildman–Crippen MR) is 92.6 cm³/mol. The van der Waals surface area contributed by atoms with E-state index < -0.39 is 0 Å². The van der Waals surface area contributed by atoms with Gasteiger partial charge in [0, 0.05) is 12.8 Å². The molecule has 0 spiro atoms. The Hall–Kier alpha value is -0.920. The summed E-state index contributed by atoms with van der Waals surface area (Å²) in [5, 5.41) is 0. The Bertz CT molecular complexity index is 222. The van der Waals surface area contributed by atoms with Gasteiger partial charge in [-0.25, -0.2) is 0 Å². The van der Waals surface area contributed by atoms with Gasteiger partial charge >= 0.3 is 0 Å². The zero-order valence-electron chi connectivity index (χ0n) is 14.3. The fourth-order valence-electron chi connectivity index (χ4n) is 1.96. The van der Waals surface area contributed by atoms with Crippen LogP contribution in [-0.4, -0.2) is 12.6 Å². The molecule has 0 aliphatic carbocycles. The number of aldehydes is 2. The van der Waals surface area contributed by atoms with Gasteiger partial charge in [0.15, 0.2) is 0 Å². The molecule has 0 fully saturated rings. The van der Waals surface area contributed by atoms with Crippen LogP contribution in [-0.2, 0) is 9.59 Å². The van der Waals surface area contributed by atoms with Crippen LogP contribution in [0.5, 0.6) is 0 Å². The van der Waals surface area contributed by atoms with Gasteiger partial charge in [0.1, 0.15) is 12.6 Å². The maximum atomic E-state index is 9.94. The summed E-state index contributed by atoms with van der Waals surface area (Å²) in [7, 11) is 0. The van der Waals surface area contributed by atoms with E-state index in [1.807, 2.05) is 0 Å². The topological polar surface area (TPSA) is 34.1 Å². The van der Waals surface area contributed by atoms with Gasteiger partial charge in [0.05, 0.1) is 0 Å². The molecule has 0 aromatic carbocycles. The first-order valence-corrected chi connectivity index (χ1v) is 8.85. The molecule has 0 heterocycles. The molecule has 2 heteroatoms. The van der Waals surface area contributed by atoms with Gasteiger partial charge in [-0.05, 0) is 32.1 Å². The summed E-state index contributed by atoms with van der Waals surface area (Å²) in [4.78, 5) is 19.8. The van der Waals surface area contributed by atoms with Crippen molar-refractivity contribution in [2.75, 3.05) is 0 Å². The molecule has 0 aromatic heterocycles. The highest BCUT2D eigenvalue weighted by Gasteiger charge is 1.89. The first kappa shape index (κ1) is 22.4. The average molecular weight is 296 g/mol. The van der Waals surface area contributed by atoms with Crippen LogP contribution in [0.2, 0.25) is 0 Å². The quantitative estimate of drug-likeness (QED) is 0.222. The lowest BCUT2D eigenvalue weighted by Crippen LogP contribution is -1.80. The number of carbonyl (C=O) groups is 2. The second-order valence-electron chi connectivity index (χ2n) is 5.41. The van der Waals surface area contributed by atoms with E-state index in [2.05, 4.69) is 26.0 Å². The molecule has 0 saturated heterocycles. The normalized spacial score (nSPS) is 10.2. The van der Waals surface area contributed by atoms with Crippen LogP contribution in [0.15, 0.2) is 12.2 Å². The zero-order valence-corrected chi connectivity index (χ0v) is 14.3. The van der Waals surface area contributed by atoms with Gasteiger partial charge in [-0.1, -0.05) is 64.5 Å².